The monoisotopic (exact) mass is 232 g/mol. The topological polar surface area (TPSA) is 24.5 Å². The van der Waals surface area contributed by atoms with Gasteiger partial charge in [-0.1, -0.05) is 0 Å². The Labute approximate surface area is 97.9 Å². The van der Waals surface area contributed by atoms with Gasteiger partial charge in [-0.25, -0.2) is 0 Å². The van der Waals surface area contributed by atoms with Crippen LogP contribution in [0.25, 0.3) is 0 Å². The van der Waals surface area contributed by atoms with Crippen LogP contribution in [0.5, 0.6) is 0 Å². The molecule has 0 aromatic heterocycles. The fourth-order valence-electron chi connectivity index (χ4n) is 2.98. The van der Waals surface area contributed by atoms with Crippen LogP contribution in [0, 0.1) is 5.92 Å². The van der Waals surface area contributed by atoms with Crippen molar-refractivity contribution in [3.63, 3.8) is 0 Å². The van der Waals surface area contributed by atoms with E-state index >= 15 is 0 Å². The molecule has 0 radical (unpaired) electrons. The van der Waals surface area contributed by atoms with E-state index in [0.717, 1.165) is 18.6 Å². The number of nitrogens with zero attached hydrogens (tertiary/aromatic N) is 1. The van der Waals surface area contributed by atoms with Crippen LogP contribution < -0.4 is 5.32 Å². The number of halogens is 1. The molecule has 3 saturated heterocycles. The first-order valence-electron chi connectivity index (χ1n) is 6.00. The van der Waals surface area contributed by atoms with Crippen molar-refractivity contribution in [3.05, 3.63) is 0 Å². The summed E-state index contributed by atoms with van der Waals surface area (Å²) in [5.74, 6) is 0.832. The molecule has 3 heterocycles. The molecule has 15 heavy (non-hydrogen) atoms. The molecule has 88 valence electrons. The number of likely N-dealkylation sites (tertiary alicyclic amines) is 1. The number of ether oxygens (including phenoxy) is 1. The Hall–Kier alpha value is 0.170. The van der Waals surface area contributed by atoms with Crippen LogP contribution in [0.3, 0.4) is 0 Å². The average Bonchev–Trinajstić information content (AvgIpc) is 2.15. The summed E-state index contributed by atoms with van der Waals surface area (Å²) in [6, 6.07) is 0.831. The summed E-state index contributed by atoms with van der Waals surface area (Å²) >= 11 is 0. The molecule has 3 aliphatic rings. The molecule has 0 amide bonds. The van der Waals surface area contributed by atoms with E-state index in [-0.39, 0.29) is 12.4 Å². The van der Waals surface area contributed by atoms with Gasteiger partial charge in [-0.2, -0.15) is 0 Å². The summed E-state index contributed by atoms with van der Waals surface area (Å²) < 4.78 is 5.82. The van der Waals surface area contributed by atoms with E-state index < -0.39 is 0 Å². The van der Waals surface area contributed by atoms with E-state index in [0.29, 0.717) is 6.10 Å². The molecule has 0 aromatic carbocycles. The van der Waals surface area contributed by atoms with Crippen LogP contribution in [-0.4, -0.2) is 49.8 Å². The van der Waals surface area contributed by atoms with Gasteiger partial charge in [0.15, 0.2) is 0 Å². The van der Waals surface area contributed by atoms with Crippen molar-refractivity contribution in [2.75, 3.05) is 32.8 Å². The maximum Gasteiger partial charge on any atom is 0.0627 e. The molecule has 0 aromatic rings. The minimum Gasteiger partial charge on any atom is -0.378 e. The highest BCUT2D eigenvalue weighted by Crippen LogP contribution is 2.29. The predicted molar refractivity (Wildman–Crippen MR) is 62.6 cm³/mol. The summed E-state index contributed by atoms with van der Waals surface area (Å²) in [5, 5.41) is 3.36. The molecule has 0 aliphatic carbocycles. The summed E-state index contributed by atoms with van der Waals surface area (Å²) in [4.78, 5) is 2.67. The number of hydrogen-bond acceptors (Lipinski definition) is 3. The van der Waals surface area contributed by atoms with Crippen molar-refractivity contribution in [3.8, 4) is 0 Å². The first-order valence-corrected chi connectivity index (χ1v) is 6.00. The number of fused-ring (bicyclic) bond motifs is 1. The lowest BCUT2D eigenvalue weighted by Crippen LogP contribution is -2.61. The fourth-order valence-corrected chi connectivity index (χ4v) is 2.98. The van der Waals surface area contributed by atoms with E-state index in [9.17, 15) is 0 Å². The van der Waals surface area contributed by atoms with Crippen LogP contribution in [0.2, 0.25) is 0 Å². The van der Waals surface area contributed by atoms with Crippen LogP contribution in [-0.2, 0) is 4.74 Å². The number of piperidine rings is 1. The van der Waals surface area contributed by atoms with Crippen molar-refractivity contribution >= 4 is 12.4 Å². The standard InChI is InChI=1S/C11H20N2O.ClH/c1-2-9-8-13(10-6-12-7-10)4-3-11(9)14-5-1;/h9-12H,1-8H2;1H. The van der Waals surface area contributed by atoms with E-state index in [1.807, 2.05) is 0 Å². The fraction of sp³-hybridized carbons (Fsp3) is 1.00. The Morgan fingerprint density at radius 2 is 2.07 bits per heavy atom. The number of hydrogen-bond donors (Lipinski definition) is 1. The van der Waals surface area contributed by atoms with E-state index in [1.165, 1.54) is 45.4 Å². The maximum atomic E-state index is 5.82. The zero-order valence-electron chi connectivity index (χ0n) is 9.15. The van der Waals surface area contributed by atoms with Crippen molar-refractivity contribution in [2.45, 2.75) is 31.4 Å². The van der Waals surface area contributed by atoms with Gasteiger partial charge in [0.25, 0.3) is 0 Å². The molecule has 3 rings (SSSR count). The van der Waals surface area contributed by atoms with E-state index in [1.54, 1.807) is 0 Å². The number of rotatable bonds is 1. The van der Waals surface area contributed by atoms with Gasteiger partial charge in [0.1, 0.15) is 0 Å². The Morgan fingerprint density at radius 1 is 1.20 bits per heavy atom. The quantitative estimate of drug-likeness (QED) is 0.727. The zero-order valence-corrected chi connectivity index (χ0v) is 9.97. The van der Waals surface area contributed by atoms with Gasteiger partial charge in [0.05, 0.1) is 6.10 Å². The van der Waals surface area contributed by atoms with E-state index in [4.69, 9.17) is 4.74 Å². The van der Waals surface area contributed by atoms with Gasteiger partial charge in [0, 0.05) is 38.8 Å². The predicted octanol–water partition coefficient (Wildman–Crippen LogP) is 0.881. The first kappa shape index (κ1) is 11.6. The normalized spacial score (nSPS) is 37.6. The second kappa shape index (κ2) is 5.00. The highest BCUT2D eigenvalue weighted by Gasteiger charge is 2.35. The van der Waals surface area contributed by atoms with Crippen molar-refractivity contribution in [1.29, 1.82) is 0 Å². The third kappa shape index (κ3) is 2.31. The van der Waals surface area contributed by atoms with Crippen molar-refractivity contribution in [1.82, 2.24) is 10.2 Å². The van der Waals surface area contributed by atoms with Gasteiger partial charge in [-0.15, -0.1) is 12.4 Å². The molecule has 3 aliphatic heterocycles. The van der Waals surface area contributed by atoms with Gasteiger partial charge in [-0.05, 0) is 25.2 Å². The third-order valence-corrected chi connectivity index (χ3v) is 4.02. The van der Waals surface area contributed by atoms with Crippen molar-refractivity contribution < 1.29 is 4.74 Å². The summed E-state index contributed by atoms with van der Waals surface area (Å²) in [6.45, 7) is 5.97. The zero-order chi connectivity index (χ0) is 9.38. The summed E-state index contributed by atoms with van der Waals surface area (Å²) in [5.41, 5.74) is 0. The average molecular weight is 233 g/mol. The molecular weight excluding hydrogens is 212 g/mol. The second-order valence-electron chi connectivity index (χ2n) is 4.91. The maximum absolute atomic E-state index is 5.82. The highest BCUT2D eigenvalue weighted by atomic mass is 35.5. The smallest absolute Gasteiger partial charge is 0.0627 e. The first-order chi connectivity index (χ1) is 6.93. The Kier molecular flexibility index (Phi) is 3.88. The van der Waals surface area contributed by atoms with Gasteiger partial charge < -0.3 is 10.1 Å². The van der Waals surface area contributed by atoms with Gasteiger partial charge in [0.2, 0.25) is 0 Å². The molecule has 4 heteroatoms. The summed E-state index contributed by atoms with van der Waals surface area (Å²) in [7, 11) is 0. The molecule has 0 spiro atoms. The number of nitrogens with one attached hydrogen (secondary N) is 1. The van der Waals surface area contributed by atoms with Crippen LogP contribution >= 0.6 is 12.4 Å². The molecule has 3 nitrogen and oxygen atoms in total. The second-order valence-corrected chi connectivity index (χ2v) is 4.91. The van der Waals surface area contributed by atoms with Gasteiger partial charge in [-0.3, -0.25) is 4.90 Å². The van der Waals surface area contributed by atoms with Crippen molar-refractivity contribution in [2.24, 2.45) is 5.92 Å². The molecule has 2 atom stereocenters. The largest absolute Gasteiger partial charge is 0.378 e. The minimum atomic E-state index is 0. The Morgan fingerprint density at radius 3 is 2.80 bits per heavy atom. The Balaban J connectivity index is 0.000000853. The van der Waals surface area contributed by atoms with Crippen LogP contribution in [0.4, 0.5) is 0 Å². The lowest BCUT2D eigenvalue weighted by atomic mass is 9.87. The molecule has 0 bridgehead atoms. The van der Waals surface area contributed by atoms with Gasteiger partial charge >= 0.3 is 0 Å². The Bertz CT molecular complexity index is 211. The third-order valence-electron chi connectivity index (χ3n) is 4.02. The molecule has 2 unspecified atom stereocenters. The lowest BCUT2D eigenvalue weighted by Gasteiger charge is -2.46. The molecule has 1 N–H and O–H groups in total. The minimum absolute atomic E-state index is 0. The molecule has 3 fully saturated rings. The molecule has 0 saturated carbocycles. The molecular formula is C11H21ClN2O. The highest BCUT2D eigenvalue weighted by molar-refractivity contribution is 5.85. The van der Waals surface area contributed by atoms with Crippen LogP contribution in [0.15, 0.2) is 0 Å². The SMILES string of the molecule is C1COC2CCN(C3CNC3)CC2C1.Cl. The van der Waals surface area contributed by atoms with Crippen LogP contribution in [0.1, 0.15) is 19.3 Å². The van der Waals surface area contributed by atoms with E-state index in [2.05, 4.69) is 10.2 Å². The lowest BCUT2D eigenvalue weighted by molar-refractivity contribution is -0.0769. The summed E-state index contributed by atoms with van der Waals surface area (Å²) in [6.07, 6.45) is 4.52.